The maximum atomic E-state index is 5.50. The third-order valence-electron chi connectivity index (χ3n) is 1.80. The Morgan fingerprint density at radius 3 is 2.42 bits per heavy atom. The van der Waals surface area contributed by atoms with Gasteiger partial charge in [-0.2, -0.15) is 5.10 Å². The molecule has 0 atom stereocenters. The molecule has 0 bridgehead atoms. The van der Waals surface area contributed by atoms with Gasteiger partial charge >= 0.3 is 0 Å². The summed E-state index contributed by atoms with van der Waals surface area (Å²) in [5.41, 5.74) is 7.71. The van der Waals surface area contributed by atoms with Crippen LogP contribution in [0.25, 0.3) is 0 Å². The van der Waals surface area contributed by atoms with Gasteiger partial charge in [-0.25, -0.2) is 0 Å². The second-order valence-corrected chi connectivity index (χ2v) is 3.04. The smallest absolute Gasteiger partial charge is 0.0653 e. The molecule has 0 aliphatic heterocycles. The number of nitrogens with zero attached hydrogens (tertiary/aromatic N) is 2. The first kappa shape index (κ1) is 11.5. The van der Waals surface area contributed by atoms with E-state index in [9.17, 15) is 0 Å². The van der Waals surface area contributed by atoms with E-state index in [1.807, 2.05) is 11.7 Å². The number of nitrogens with two attached hydrogens (primary N) is 1. The van der Waals surface area contributed by atoms with Crippen LogP contribution in [0, 0.1) is 0 Å². The monoisotopic (exact) mass is 189 g/mol. The van der Waals surface area contributed by atoms with Crippen molar-refractivity contribution in [2.45, 2.75) is 26.3 Å². The minimum atomic E-state index is 0. The van der Waals surface area contributed by atoms with Gasteiger partial charge in [-0.3, -0.25) is 4.68 Å². The molecule has 0 radical (unpaired) electrons. The Morgan fingerprint density at radius 2 is 2.17 bits per heavy atom. The second kappa shape index (κ2) is 4.48. The number of halogens is 1. The molecular weight excluding hydrogens is 174 g/mol. The van der Waals surface area contributed by atoms with Crippen molar-refractivity contribution < 1.29 is 0 Å². The molecule has 70 valence electrons. The van der Waals surface area contributed by atoms with Crippen molar-refractivity contribution in [3.05, 3.63) is 17.5 Å². The Labute approximate surface area is 79.4 Å². The topological polar surface area (TPSA) is 43.8 Å². The summed E-state index contributed by atoms with van der Waals surface area (Å²) >= 11 is 0. The zero-order valence-electron chi connectivity index (χ0n) is 7.74. The molecule has 0 amide bonds. The summed E-state index contributed by atoms with van der Waals surface area (Å²) in [6, 6.07) is 2.06. The van der Waals surface area contributed by atoms with Crippen molar-refractivity contribution in [3.63, 3.8) is 0 Å². The van der Waals surface area contributed by atoms with E-state index in [1.54, 1.807) is 0 Å². The van der Waals surface area contributed by atoms with E-state index in [2.05, 4.69) is 25.0 Å². The largest absolute Gasteiger partial charge is 0.325 e. The number of hydrogen-bond acceptors (Lipinski definition) is 2. The predicted octanol–water partition coefficient (Wildman–Crippen LogP) is 1.42. The summed E-state index contributed by atoms with van der Waals surface area (Å²) in [5, 5.41) is 4.32. The highest BCUT2D eigenvalue weighted by Crippen LogP contribution is 2.12. The van der Waals surface area contributed by atoms with Gasteiger partial charge in [0.15, 0.2) is 0 Å². The summed E-state index contributed by atoms with van der Waals surface area (Å²) in [4.78, 5) is 0. The fourth-order valence-corrected chi connectivity index (χ4v) is 1.00. The highest BCUT2D eigenvalue weighted by Gasteiger charge is 2.05. The Morgan fingerprint density at radius 1 is 1.58 bits per heavy atom. The fraction of sp³-hybridized carbons (Fsp3) is 0.625. The fourth-order valence-electron chi connectivity index (χ4n) is 1.00. The van der Waals surface area contributed by atoms with Crippen LogP contribution < -0.4 is 5.73 Å². The van der Waals surface area contributed by atoms with Crippen LogP contribution in [0.15, 0.2) is 6.07 Å². The molecule has 1 aromatic rings. The molecule has 4 heteroatoms. The third-order valence-corrected chi connectivity index (χ3v) is 1.80. The van der Waals surface area contributed by atoms with Crippen molar-refractivity contribution in [1.29, 1.82) is 0 Å². The summed E-state index contributed by atoms with van der Waals surface area (Å²) in [5.74, 6) is 0.487. The lowest BCUT2D eigenvalue weighted by Crippen LogP contribution is -2.03. The maximum Gasteiger partial charge on any atom is 0.0653 e. The zero-order valence-corrected chi connectivity index (χ0v) is 8.56. The molecule has 1 aromatic heterocycles. The van der Waals surface area contributed by atoms with E-state index in [0.717, 1.165) is 11.4 Å². The van der Waals surface area contributed by atoms with Crippen LogP contribution in [0.1, 0.15) is 31.2 Å². The highest BCUT2D eigenvalue weighted by atomic mass is 35.5. The molecule has 12 heavy (non-hydrogen) atoms. The van der Waals surface area contributed by atoms with Crippen LogP contribution in [0.2, 0.25) is 0 Å². The maximum absolute atomic E-state index is 5.50. The standard InChI is InChI=1S/C8H15N3.ClH/c1-6(2)8-4-7(5-9)11(3)10-8;/h4,6H,5,9H2,1-3H3;1H. The molecule has 0 unspecified atom stereocenters. The third kappa shape index (κ3) is 2.22. The molecule has 0 fully saturated rings. The van der Waals surface area contributed by atoms with E-state index >= 15 is 0 Å². The Bertz CT molecular complexity index is 242. The van der Waals surface area contributed by atoms with Crippen LogP contribution in [0.3, 0.4) is 0 Å². The van der Waals surface area contributed by atoms with Gasteiger partial charge in [0.1, 0.15) is 0 Å². The molecule has 0 spiro atoms. The number of hydrogen-bond donors (Lipinski definition) is 1. The van der Waals surface area contributed by atoms with E-state index in [-0.39, 0.29) is 12.4 Å². The van der Waals surface area contributed by atoms with Crippen LogP contribution in [-0.4, -0.2) is 9.78 Å². The lowest BCUT2D eigenvalue weighted by atomic mass is 10.1. The lowest BCUT2D eigenvalue weighted by Gasteiger charge is -1.95. The van der Waals surface area contributed by atoms with Gasteiger partial charge in [0.25, 0.3) is 0 Å². The number of aromatic nitrogens is 2. The average Bonchev–Trinajstić information content (AvgIpc) is 2.31. The molecule has 2 N–H and O–H groups in total. The van der Waals surface area contributed by atoms with E-state index in [0.29, 0.717) is 12.5 Å². The van der Waals surface area contributed by atoms with Crippen molar-refractivity contribution in [3.8, 4) is 0 Å². The Balaban J connectivity index is 0.00000121. The summed E-state index contributed by atoms with van der Waals surface area (Å²) in [6.45, 7) is 4.82. The minimum absolute atomic E-state index is 0. The highest BCUT2D eigenvalue weighted by molar-refractivity contribution is 5.85. The van der Waals surface area contributed by atoms with Gasteiger partial charge in [0.2, 0.25) is 0 Å². The quantitative estimate of drug-likeness (QED) is 0.765. The molecule has 0 aliphatic carbocycles. The van der Waals surface area contributed by atoms with Gasteiger partial charge < -0.3 is 5.73 Å². The van der Waals surface area contributed by atoms with Crippen LogP contribution in [0.4, 0.5) is 0 Å². The van der Waals surface area contributed by atoms with E-state index in [1.165, 1.54) is 0 Å². The average molecular weight is 190 g/mol. The summed E-state index contributed by atoms with van der Waals surface area (Å²) in [6.07, 6.45) is 0. The van der Waals surface area contributed by atoms with Gasteiger partial charge in [-0.15, -0.1) is 12.4 Å². The van der Waals surface area contributed by atoms with Gasteiger partial charge in [-0.1, -0.05) is 13.8 Å². The van der Waals surface area contributed by atoms with Crippen molar-refractivity contribution in [2.75, 3.05) is 0 Å². The summed E-state index contributed by atoms with van der Waals surface area (Å²) < 4.78 is 1.84. The van der Waals surface area contributed by atoms with Crippen molar-refractivity contribution in [2.24, 2.45) is 12.8 Å². The second-order valence-electron chi connectivity index (χ2n) is 3.04. The SMILES string of the molecule is CC(C)c1cc(CN)n(C)n1.Cl. The molecule has 1 rings (SSSR count). The Hall–Kier alpha value is -0.540. The first-order valence-electron chi connectivity index (χ1n) is 3.88. The van der Waals surface area contributed by atoms with Crippen LogP contribution in [0.5, 0.6) is 0 Å². The van der Waals surface area contributed by atoms with Crippen molar-refractivity contribution >= 4 is 12.4 Å². The lowest BCUT2D eigenvalue weighted by molar-refractivity contribution is 0.682. The zero-order chi connectivity index (χ0) is 8.43. The molecule has 0 saturated heterocycles. The van der Waals surface area contributed by atoms with Gasteiger partial charge in [0, 0.05) is 13.6 Å². The molecule has 3 nitrogen and oxygen atoms in total. The number of rotatable bonds is 2. The molecular formula is C8H16ClN3. The van der Waals surface area contributed by atoms with E-state index < -0.39 is 0 Å². The minimum Gasteiger partial charge on any atom is -0.325 e. The molecule has 1 heterocycles. The van der Waals surface area contributed by atoms with E-state index in [4.69, 9.17) is 5.73 Å². The normalized spacial score (nSPS) is 10.1. The van der Waals surface area contributed by atoms with Gasteiger partial charge in [0.05, 0.1) is 11.4 Å². The van der Waals surface area contributed by atoms with Gasteiger partial charge in [-0.05, 0) is 12.0 Å². The molecule has 0 aromatic carbocycles. The molecule has 0 saturated carbocycles. The first-order valence-corrected chi connectivity index (χ1v) is 3.88. The number of aryl methyl sites for hydroxylation is 1. The molecule has 0 aliphatic rings. The summed E-state index contributed by atoms with van der Waals surface area (Å²) in [7, 11) is 1.92. The Kier molecular flexibility index (Phi) is 4.28. The van der Waals surface area contributed by atoms with Crippen molar-refractivity contribution in [1.82, 2.24) is 9.78 Å². The van der Waals surface area contributed by atoms with Crippen LogP contribution in [-0.2, 0) is 13.6 Å². The first-order chi connectivity index (χ1) is 5.15. The predicted molar refractivity (Wildman–Crippen MR) is 52.4 cm³/mol. The van der Waals surface area contributed by atoms with Crippen LogP contribution >= 0.6 is 12.4 Å².